The maximum atomic E-state index is 6.47. The van der Waals surface area contributed by atoms with Crippen LogP contribution in [0.15, 0.2) is 24.3 Å². The lowest BCUT2D eigenvalue weighted by molar-refractivity contribution is -0.199. The van der Waals surface area contributed by atoms with Crippen molar-refractivity contribution in [1.29, 1.82) is 0 Å². The van der Waals surface area contributed by atoms with Crippen molar-refractivity contribution in [3.63, 3.8) is 0 Å². The van der Waals surface area contributed by atoms with E-state index in [1.165, 1.54) is 6.42 Å². The van der Waals surface area contributed by atoms with Gasteiger partial charge in [0.05, 0.1) is 11.7 Å². The largest absolute Gasteiger partial charge is 0.459 e. The van der Waals surface area contributed by atoms with Crippen molar-refractivity contribution >= 4 is 7.12 Å². The molecule has 3 nitrogen and oxygen atoms in total. The SMILES string of the molecule is CC1(C)[C@H]2C[C@@H]3OB(C[C@@]4(N)C=CC=CC4)O[C@]3(C)[C@@H]1C2. The first-order valence-corrected chi connectivity index (χ1v) is 8.30. The first kappa shape index (κ1) is 14.0. The number of hydrogen-bond acceptors (Lipinski definition) is 3. The van der Waals surface area contributed by atoms with Crippen LogP contribution in [0.5, 0.6) is 0 Å². The molecule has 0 aromatic carbocycles. The Hall–Kier alpha value is -0.575. The molecule has 2 N–H and O–H groups in total. The highest BCUT2D eigenvalue weighted by Crippen LogP contribution is 2.65. The van der Waals surface area contributed by atoms with E-state index in [0.29, 0.717) is 11.3 Å². The Labute approximate surface area is 128 Å². The average Bonchev–Trinajstić information content (AvgIpc) is 2.73. The van der Waals surface area contributed by atoms with E-state index in [1.54, 1.807) is 0 Å². The van der Waals surface area contributed by atoms with Crippen LogP contribution in [0.1, 0.15) is 40.0 Å². The van der Waals surface area contributed by atoms with Gasteiger partial charge in [-0.15, -0.1) is 0 Å². The topological polar surface area (TPSA) is 44.5 Å². The van der Waals surface area contributed by atoms with E-state index in [2.05, 4.69) is 39.0 Å². The molecule has 1 heterocycles. The lowest BCUT2D eigenvalue weighted by Crippen LogP contribution is -2.65. The summed E-state index contributed by atoms with van der Waals surface area (Å²) in [6, 6.07) is 0. The first-order chi connectivity index (χ1) is 9.83. The Bertz CT molecular complexity index is 517. The fourth-order valence-corrected chi connectivity index (χ4v) is 5.18. The molecule has 1 saturated heterocycles. The molecule has 4 aliphatic carbocycles. The van der Waals surface area contributed by atoms with Crippen LogP contribution in [0.4, 0.5) is 0 Å². The Morgan fingerprint density at radius 2 is 2.05 bits per heavy atom. The molecule has 0 spiro atoms. The molecule has 114 valence electrons. The summed E-state index contributed by atoms with van der Waals surface area (Å²) < 4.78 is 12.7. The van der Waals surface area contributed by atoms with Gasteiger partial charge in [0.2, 0.25) is 0 Å². The fraction of sp³-hybridized carbons (Fsp3) is 0.765. The van der Waals surface area contributed by atoms with E-state index in [-0.39, 0.29) is 24.4 Å². The molecule has 0 aromatic rings. The van der Waals surface area contributed by atoms with Crippen LogP contribution < -0.4 is 5.73 Å². The Morgan fingerprint density at radius 3 is 2.71 bits per heavy atom. The molecule has 2 bridgehead atoms. The van der Waals surface area contributed by atoms with Crippen LogP contribution >= 0.6 is 0 Å². The summed E-state index contributed by atoms with van der Waals surface area (Å²) in [5, 5.41) is 0. The van der Waals surface area contributed by atoms with Gasteiger partial charge in [0.15, 0.2) is 0 Å². The highest BCUT2D eigenvalue weighted by molar-refractivity contribution is 6.45. The summed E-state index contributed by atoms with van der Waals surface area (Å²) in [7, 11) is -0.156. The van der Waals surface area contributed by atoms with E-state index >= 15 is 0 Å². The molecule has 0 amide bonds. The molecule has 3 saturated carbocycles. The third-order valence-corrected chi connectivity index (χ3v) is 6.72. The normalized spacial score (nSPS) is 49.9. The molecular weight excluding hydrogens is 261 g/mol. The lowest BCUT2D eigenvalue weighted by Gasteiger charge is -2.64. The van der Waals surface area contributed by atoms with Crippen molar-refractivity contribution in [1.82, 2.24) is 0 Å². The second-order valence-electron chi connectivity index (χ2n) is 8.33. The molecule has 0 aromatic heterocycles. The Morgan fingerprint density at radius 1 is 1.24 bits per heavy atom. The fourth-order valence-electron chi connectivity index (χ4n) is 5.18. The van der Waals surface area contributed by atoms with Gasteiger partial charge < -0.3 is 15.0 Å². The van der Waals surface area contributed by atoms with E-state index in [9.17, 15) is 0 Å². The van der Waals surface area contributed by atoms with Crippen molar-refractivity contribution in [2.75, 3.05) is 0 Å². The zero-order chi connectivity index (χ0) is 14.9. The van der Waals surface area contributed by atoms with Crippen molar-refractivity contribution in [3.8, 4) is 0 Å². The monoisotopic (exact) mass is 287 g/mol. The minimum atomic E-state index is -0.318. The van der Waals surface area contributed by atoms with Gasteiger partial charge in [-0.05, 0) is 43.4 Å². The zero-order valence-electron chi connectivity index (χ0n) is 13.3. The maximum absolute atomic E-state index is 6.47. The van der Waals surface area contributed by atoms with Gasteiger partial charge in [-0.2, -0.15) is 0 Å². The molecule has 1 aliphatic heterocycles. The lowest BCUT2D eigenvalue weighted by atomic mass is 9.43. The highest BCUT2D eigenvalue weighted by atomic mass is 16.7. The van der Waals surface area contributed by atoms with Crippen molar-refractivity contribution in [2.45, 2.75) is 63.6 Å². The Kier molecular flexibility index (Phi) is 2.84. The number of allylic oxidation sites excluding steroid dienone is 2. The molecule has 21 heavy (non-hydrogen) atoms. The standard InChI is InChI=1S/C17H26BNO2/c1-15(2)12-9-13(15)16(3)14(10-12)20-18(21-16)11-17(19)7-5-4-6-8-17/h4-7,12-14H,8-11,19H2,1-3H3/t12-,13-,14+,16-,17-/m1/s1. The van der Waals surface area contributed by atoms with Gasteiger partial charge in [0.25, 0.3) is 0 Å². The molecule has 5 atom stereocenters. The van der Waals surface area contributed by atoms with Crippen molar-refractivity contribution < 1.29 is 9.31 Å². The molecule has 4 fully saturated rings. The molecule has 0 radical (unpaired) electrons. The van der Waals surface area contributed by atoms with E-state index in [0.717, 1.165) is 25.1 Å². The van der Waals surface area contributed by atoms with Crippen molar-refractivity contribution in [2.24, 2.45) is 23.0 Å². The summed E-state index contributed by atoms with van der Waals surface area (Å²) in [6.45, 7) is 7.05. The van der Waals surface area contributed by atoms with E-state index < -0.39 is 0 Å². The van der Waals surface area contributed by atoms with E-state index in [1.807, 2.05) is 6.08 Å². The van der Waals surface area contributed by atoms with Gasteiger partial charge in [0.1, 0.15) is 0 Å². The van der Waals surface area contributed by atoms with Crippen molar-refractivity contribution in [3.05, 3.63) is 24.3 Å². The average molecular weight is 287 g/mol. The molecule has 4 heteroatoms. The summed E-state index contributed by atoms with van der Waals surface area (Å²) in [4.78, 5) is 0. The maximum Gasteiger partial charge on any atom is 0.459 e. The third-order valence-electron chi connectivity index (χ3n) is 6.72. The van der Waals surface area contributed by atoms with Crippen LogP contribution in [0.3, 0.4) is 0 Å². The Balaban J connectivity index is 1.50. The zero-order valence-corrected chi connectivity index (χ0v) is 13.3. The number of nitrogens with two attached hydrogens (primary N) is 1. The number of rotatable bonds is 2. The minimum Gasteiger partial charge on any atom is -0.405 e. The van der Waals surface area contributed by atoms with Crippen LogP contribution in [-0.2, 0) is 9.31 Å². The summed E-state index contributed by atoms with van der Waals surface area (Å²) in [6.07, 6.45) is 12.6. The summed E-state index contributed by atoms with van der Waals surface area (Å²) in [5.41, 5.74) is 6.44. The van der Waals surface area contributed by atoms with Crippen LogP contribution in [-0.4, -0.2) is 24.4 Å². The van der Waals surface area contributed by atoms with Gasteiger partial charge >= 0.3 is 7.12 Å². The van der Waals surface area contributed by atoms with Crippen LogP contribution in [0.25, 0.3) is 0 Å². The molecule has 0 unspecified atom stereocenters. The van der Waals surface area contributed by atoms with Gasteiger partial charge in [-0.3, -0.25) is 0 Å². The highest BCUT2D eigenvalue weighted by Gasteiger charge is 2.67. The molecule has 5 aliphatic rings. The van der Waals surface area contributed by atoms with Gasteiger partial charge in [-0.1, -0.05) is 38.2 Å². The predicted octanol–water partition coefficient (Wildman–Crippen LogP) is 2.93. The minimum absolute atomic E-state index is 0.118. The first-order valence-electron chi connectivity index (χ1n) is 8.30. The number of hydrogen-bond donors (Lipinski definition) is 1. The predicted molar refractivity (Wildman–Crippen MR) is 84.7 cm³/mol. The summed E-state index contributed by atoms with van der Waals surface area (Å²) >= 11 is 0. The quantitative estimate of drug-likeness (QED) is 0.794. The van der Waals surface area contributed by atoms with Crippen LogP contribution in [0.2, 0.25) is 6.32 Å². The van der Waals surface area contributed by atoms with Crippen LogP contribution in [0, 0.1) is 17.3 Å². The summed E-state index contributed by atoms with van der Waals surface area (Å²) in [5.74, 6) is 1.42. The molecule has 5 rings (SSSR count). The molecular formula is C17H26BNO2. The van der Waals surface area contributed by atoms with Gasteiger partial charge in [-0.25, -0.2) is 0 Å². The smallest absolute Gasteiger partial charge is 0.405 e. The third kappa shape index (κ3) is 1.92. The second kappa shape index (κ2) is 4.24. The van der Waals surface area contributed by atoms with Gasteiger partial charge in [0, 0.05) is 11.9 Å². The van der Waals surface area contributed by atoms with E-state index in [4.69, 9.17) is 15.0 Å². The second-order valence-corrected chi connectivity index (χ2v) is 8.33.